The van der Waals surface area contributed by atoms with Crippen LogP contribution in [0.15, 0.2) is 60.7 Å². The maximum atomic E-state index is 12.6. The Kier molecular flexibility index (Phi) is 5.93. The highest BCUT2D eigenvalue weighted by Crippen LogP contribution is 2.25. The van der Waals surface area contributed by atoms with Gasteiger partial charge in [-0.3, -0.25) is 4.79 Å². The van der Waals surface area contributed by atoms with Gasteiger partial charge in [0.15, 0.2) is 5.82 Å². The van der Waals surface area contributed by atoms with Crippen LogP contribution >= 0.6 is 0 Å². The highest BCUT2D eigenvalue weighted by molar-refractivity contribution is 5.92. The third kappa shape index (κ3) is 4.59. The fraction of sp³-hybridized carbons (Fsp3) is 0.292. The molecule has 0 spiro atoms. The largest absolute Gasteiger partial charge is 0.497 e. The van der Waals surface area contributed by atoms with E-state index in [1.54, 1.807) is 7.11 Å². The van der Waals surface area contributed by atoms with Gasteiger partial charge >= 0.3 is 0 Å². The number of amides is 1. The van der Waals surface area contributed by atoms with E-state index in [0.717, 1.165) is 54.4 Å². The third-order valence-electron chi connectivity index (χ3n) is 5.55. The molecule has 30 heavy (non-hydrogen) atoms. The van der Waals surface area contributed by atoms with E-state index in [9.17, 15) is 4.79 Å². The van der Waals surface area contributed by atoms with Crippen molar-refractivity contribution >= 4 is 17.4 Å². The molecule has 3 aromatic rings. The summed E-state index contributed by atoms with van der Waals surface area (Å²) in [6.45, 7) is 3.65. The van der Waals surface area contributed by atoms with Crippen molar-refractivity contribution in [3.8, 4) is 17.0 Å². The van der Waals surface area contributed by atoms with Gasteiger partial charge in [0.05, 0.1) is 12.8 Å². The predicted molar refractivity (Wildman–Crippen MR) is 119 cm³/mol. The maximum absolute atomic E-state index is 12.6. The van der Waals surface area contributed by atoms with Crippen LogP contribution in [0.1, 0.15) is 18.4 Å². The van der Waals surface area contributed by atoms with Crippen LogP contribution in [0.25, 0.3) is 11.3 Å². The van der Waals surface area contributed by atoms with Crippen molar-refractivity contribution in [1.82, 2.24) is 10.2 Å². The standard InChI is InChI=1S/C24H26N4O2/c1-17-3-5-18(6-4-17)22-11-12-23(27-26-22)28-15-13-19(14-16-28)24(29)25-20-7-9-21(30-2)10-8-20/h3-12,19H,13-16H2,1-2H3,(H,25,29). The molecular formula is C24H26N4O2. The van der Waals surface area contributed by atoms with Gasteiger partial charge in [0.1, 0.15) is 5.75 Å². The van der Waals surface area contributed by atoms with Crippen molar-refractivity contribution in [2.24, 2.45) is 5.92 Å². The zero-order valence-corrected chi connectivity index (χ0v) is 17.3. The Balaban J connectivity index is 1.32. The maximum Gasteiger partial charge on any atom is 0.227 e. The SMILES string of the molecule is COc1ccc(NC(=O)C2CCN(c3ccc(-c4ccc(C)cc4)nn3)CC2)cc1. The molecule has 1 aromatic heterocycles. The molecule has 1 fully saturated rings. The van der Waals surface area contributed by atoms with Crippen molar-refractivity contribution < 1.29 is 9.53 Å². The first-order valence-electron chi connectivity index (χ1n) is 10.2. The summed E-state index contributed by atoms with van der Waals surface area (Å²) in [5, 5.41) is 11.8. The second kappa shape index (κ2) is 8.95. The smallest absolute Gasteiger partial charge is 0.227 e. The molecule has 0 aliphatic carbocycles. The molecule has 0 unspecified atom stereocenters. The molecule has 0 bridgehead atoms. The minimum Gasteiger partial charge on any atom is -0.497 e. The van der Waals surface area contributed by atoms with Crippen LogP contribution in [0.4, 0.5) is 11.5 Å². The lowest BCUT2D eigenvalue weighted by atomic mass is 9.95. The summed E-state index contributed by atoms with van der Waals surface area (Å²) in [6, 6.07) is 19.7. The molecule has 1 N–H and O–H groups in total. The lowest BCUT2D eigenvalue weighted by Crippen LogP contribution is -2.38. The van der Waals surface area contributed by atoms with Gasteiger partial charge in [-0.15, -0.1) is 10.2 Å². The predicted octanol–water partition coefficient (Wildman–Crippen LogP) is 4.32. The van der Waals surface area contributed by atoms with E-state index in [4.69, 9.17) is 4.74 Å². The number of ether oxygens (including phenoxy) is 1. The number of aromatic nitrogens is 2. The molecule has 0 saturated carbocycles. The Morgan fingerprint density at radius 3 is 2.27 bits per heavy atom. The molecule has 154 valence electrons. The normalized spacial score (nSPS) is 14.4. The number of carbonyl (C=O) groups is 1. The van der Waals surface area contributed by atoms with E-state index in [1.807, 2.05) is 36.4 Å². The quantitative estimate of drug-likeness (QED) is 0.689. The number of nitrogens with zero attached hydrogens (tertiary/aromatic N) is 3. The number of hydrogen-bond donors (Lipinski definition) is 1. The number of carbonyl (C=O) groups excluding carboxylic acids is 1. The van der Waals surface area contributed by atoms with Crippen LogP contribution in [0, 0.1) is 12.8 Å². The summed E-state index contributed by atoms with van der Waals surface area (Å²) in [5.41, 5.74) is 3.95. The molecule has 1 aliphatic heterocycles. The number of rotatable bonds is 5. The Bertz CT molecular complexity index is 977. The van der Waals surface area contributed by atoms with Gasteiger partial charge in [0, 0.05) is 30.3 Å². The first-order chi connectivity index (χ1) is 14.6. The monoisotopic (exact) mass is 402 g/mol. The fourth-order valence-electron chi connectivity index (χ4n) is 3.66. The Morgan fingerprint density at radius 2 is 1.67 bits per heavy atom. The molecular weight excluding hydrogens is 376 g/mol. The zero-order valence-electron chi connectivity index (χ0n) is 17.3. The van der Waals surface area contributed by atoms with E-state index >= 15 is 0 Å². The molecule has 1 saturated heterocycles. The zero-order chi connectivity index (χ0) is 20.9. The topological polar surface area (TPSA) is 67.3 Å². The summed E-state index contributed by atoms with van der Waals surface area (Å²) < 4.78 is 5.15. The van der Waals surface area contributed by atoms with Crippen LogP contribution in [0.5, 0.6) is 5.75 Å². The fourth-order valence-corrected chi connectivity index (χ4v) is 3.66. The molecule has 1 amide bonds. The number of piperidine rings is 1. The molecule has 2 heterocycles. The van der Waals surface area contributed by atoms with Crippen molar-refractivity contribution in [1.29, 1.82) is 0 Å². The Labute approximate surface area is 176 Å². The third-order valence-corrected chi connectivity index (χ3v) is 5.55. The summed E-state index contributed by atoms with van der Waals surface area (Å²) in [5.74, 6) is 1.71. The van der Waals surface area contributed by atoms with Crippen molar-refractivity contribution in [2.45, 2.75) is 19.8 Å². The number of benzene rings is 2. The Hall–Kier alpha value is -3.41. The minimum atomic E-state index is 0.00291. The van der Waals surface area contributed by atoms with E-state index < -0.39 is 0 Å². The van der Waals surface area contributed by atoms with Crippen LogP contribution in [-0.2, 0) is 4.79 Å². The number of aryl methyl sites for hydroxylation is 1. The van der Waals surface area contributed by atoms with Gasteiger partial charge in [-0.2, -0.15) is 0 Å². The second-order valence-electron chi connectivity index (χ2n) is 7.62. The van der Waals surface area contributed by atoms with Crippen LogP contribution < -0.4 is 15.0 Å². The summed E-state index contributed by atoms with van der Waals surface area (Å²) >= 11 is 0. The molecule has 6 nitrogen and oxygen atoms in total. The van der Waals surface area contributed by atoms with E-state index in [-0.39, 0.29) is 11.8 Å². The van der Waals surface area contributed by atoms with Gasteiger partial charge in [0.2, 0.25) is 5.91 Å². The molecule has 4 rings (SSSR count). The second-order valence-corrected chi connectivity index (χ2v) is 7.62. The molecule has 0 radical (unpaired) electrons. The lowest BCUT2D eigenvalue weighted by molar-refractivity contribution is -0.120. The first-order valence-corrected chi connectivity index (χ1v) is 10.2. The lowest BCUT2D eigenvalue weighted by Gasteiger charge is -2.31. The van der Waals surface area contributed by atoms with Gasteiger partial charge in [-0.1, -0.05) is 29.8 Å². The highest BCUT2D eigenvalue weighted by Gasteiger charge is 2.26. The molecule has 2 aromatic carbocycles. The summed E-state index contributed by atoms with van der Waals surface area (Å²) in [7, 11) is 1.63. The van der Waals surface area contributed by atoms with Gasteiger partial charge in [-0.25, -0.2) is 0 Å². The summed E-state index contributed by atoms with van der Waals surface area (Å²) in [4.78, 5) is 14.8. The van der Waals surface area contributed by atoms with Crippen LogP contribution in [0.2, 0.25) is 0 Å². The van der Waals surface area contributed by atoms with E-state index in [1.165, 1.54) is 5.56 Å². The minimum absolute atomic E-state index is 0.00291. The number of nitrogens with one attached hydrogen (secondary N) is 1. The molecule has 0 atom stereocenters. The number of hydrogen-bond acceptors (Lipinski definition) is 5. The van der Waals surface area contributed by atoms with E-state index in [0.29, 0.717) is 0 Å². The average Bonchev–Trinajstić information content (AvgIpc) is 2.80. The number of anilines is 2. The van der Waals surface area contributed by atoms with Gasteiger partial charge < -0.3 is 15.0 Å². The first kappa shape index (κ1) is 19.9. The molecule has 1 aliphatic rings. The molecule has 6 heteroatoms. The van der Waals surface area contributed by atoms with Gasteiger partial charge in [0.25, 0.3) is 0 Å². The van der Waals surface area contributed by atoms with Gasteiger partial charge in [-0.05, 0) is 56.2 Å². The highest BCUT2D eigenvalue weighted by atomic mass is 16.5. The summed E-state index contributed by atoms with van der Waals surface area (Å²) in [6.07, 6.45) is 1.59. The van der Waals surface area contributed by atoms with Crippen molar-refractivity contribution in [3.05, 3.63) is 66.2 Å². The van der Waals surface area contributed by atoms with E-state index in [2.05, 4.69) is 51.6 Å². The number of methoxy groups -OCH3 is 1. The van der Waals surface area contributed by atoms with Crippen LogP contribution in [-0.4, -0.2) is 36.3 Å². The van der Waals surface area contributed by atoms with Crippen molar-refractivity contribution in [2.75, 3.05) is 30.4 Å². The van der Waals surface area contributed by atoms with Crippen molar-refractivity contribution in [3.63, 3.8) is 0 Å². The Morgan fingerprint density at radius 1 is 0.967 bits per heavy atom. The van der Waals surface area contributed by atoms with Crippen LogP contribution in [0.3, 0.4) is 0 Å². The average molecular weight is 402 g/mol.